The highest BCUT2D eigenvalue weighted by Crippen LogP contribution is 2.15. The van der Waals surface area contributed by atoms with Gasteiger partial charge in [-0.15, -0.1) is 0 Å². The Morgan fingerprint density at radius 1 is 1.20 bits per heavy atom. The van der Waals surface area contributed by atoms with Crippen LogP contribution in [0.25, 0.3) is 5.82 Å². The second-order valence-corrected chi connectivity index (χ2v) is 4.19. The highest BCUT2D eigenvalue weighted by Gasteiger charge is 2.07. The van der Waals surface area contributed by atoms with Gasteiger partial charge in [0.1, 0.15) is 22.6 Å². The van der Waals surface area contributed by atoms with Crippen LogP contribution in [-0.2, 0) is 0 Å². The van der Waals surface area contributed by atoms with Crippen molar-refractivity contribution in [2.75, 3.05) is 0 Å². The molecule has 0 aliphatic heterocycles. The summed E-state index contributed by atoms with van der Waals surface area (Å²) in [7, 11) is 0. The van der Waals surface area contributed by atoms with E-state index in [-0.39, 0.29) is 0 Å². The van der Waals surface area contributed by atoms with Gasteiger partial charge in [0.2, 0.25) is 0 Å². The molecule has 0 amide bonds. The molecule has 5 heteroatoms. The number of hydrogen-bond acceptors (Lipinski definition) is 3. The molecule has 0 aromatic carbocycles. The summed E-state index contributed by atoms with van der Waals surface area (Å²) in [5, 5.41) is 0. The number of aromatic nitrogens is 4. The molecule has 2 rings (SSSR count). The van der Waals surface area contributed by atoms with Gasteiger partial charge < -0.3 is 0 Å². The van der Waals surface area contributed by atoms with Gasteiger partial charge in [-0.1, -0.05) is 0 Å². The third kappa shape index (κ3) is 1.92. The molecule has 2 aromatic heterocycles. The van der Waals surface area contributed by atoms with Gasteiger partial charge in [-0.25, -0.2) is 15.0 Å². The van der Waals surface area contributed by atoms with Crippen molar-refractivity contribution in [2.45, 2.75) is 20.8 Å². The molecule has 15 heavy (non-hydrogen) atoms. The van der Waals surface area contributed by atoms with Crippen molar-refractivity contribution in [1.82, 2.24) is 19.5 Å². The summed E-state index contributed by atoms with van der Waals surface area (Å²) < 4.78 is 2.74. The van der Waals surface area contributed by atoms with Crippen LogP contribution in [0.5, 0.6) is 0 Å². The number of imidazole rings is 1. The van der Waals surface area contributed by atoms with E-state index in [1.807, 2.05) is 31.4 Å². The average Bonchev–Trinajstić information content (AvgIpc) is 2.46. The van der Waals surface area contributed by atoms with Crippen molar-refractivity contribution < 1.29 is 0 Å². The summed E-state index contributed by atoms with van der Waals surface area (Å²) in [6.45, 7) is 5.87. The predicted molar refractivity (Wildman–Crippen MR) is 61.1 cm³/mol. The van der Waals surface area contributed by atoms with Gasteiger partial charge in [0, 0.05) is 11.8 Å². The third-order valence-electron chi connectivity index (χ3n) is 2.29. The average molecular weight is 267 g/mol. The molecule has 0 N–H and O–H groups in total. The van der Waals surface area contributed by atoms with E-state index in [0.29, 0.717) is 0 Å². The Hall–Kier alpha value is -1.23. The zero-order chi connectivity index (χ0) is 11.0. The van der Waals surface area contributed by atoms with Gasteiger partial charge in [0.25, 0.3) is 0 Å². The van der Waals surface area contributed by atoms with Gasteiger partial charge in [0.05, 0.1) is 5.69 Å². The first-order valence-electron chi connectivity index (χ1n) is 4.60. The Bertz CT molecular complexity index is 484. The van der Waals surface area contributed by atoms with Crippen LogP contribution in [0.15, 0.2) is 17.0 Å². The minimum Gasteiger partial charge on any atom is -0.287 e. The Morgan fingerprint density at radius 3 is 2.47 bits per heavy atom. The van der Waals surface area contributed by atoms with E-state index in [9.17, 15) is 0 Å². The quantitative estimate of drug-likeness (QED) is 0.745. The molecule has 0 saturated heterocycles. The molecular weight excluding hydrogens is 256 g/mol. The molecular formula is C10H11BrN4. The van der Waals surface area contributed by atoms with Crippen molar-refractivity contribution in [3.63, 3.8) is 0 Å². The van der Waals surface area contributed by atoms with Crippen molar-refractivity contribution >= 4 is 15.9 Å². The zero-order valence-electron chi connectivity index (χ0n) is 8.82. The van der Waals surface area contributed by atoms with Crippen LogP contribution in [0.4, 0.5) is 0 Å². The normalized spacial score (nSPS) is 10.7. The van der Waals surface area contributed by atoms with Crippen LogP contribution in [0.2, 0.25) is 0 Å². The maximum Gasteiger partial charge on any atom is 0.142 e. The van der Waals surface area contributed by atoms with Crippen LogP contribution in [0.3, 0.4) is 0 Å². The van der Waals surface area contributed by atoms with Crippen LogP contribution < -0.4 is 0 Å². The SMILES string of the molecule is Cc1nc(Br)cc(-n2cnc(C)c2C)n1. The summed E-state index contributed by atoms with van der Waals surface area (Å²) in [6.07, 6.45) is 1.78. The Kier molecular flexibility index (Phi) is 2.56. The summed E-state index contributed by atoms with van der Waals surface area (Å²) >= 11 is 3.36. The van der Waals surface area contributed by atoms with E-state index in [1.54, 1.807) is 6.33 Å². The van der Waals surface area contributed by atoms with E-state index in [4.69, 9.17) is 0 Å². The summed E-state index contributed by atoms with van der Waals surface area (Å²) in [5.41, 5.74) is 2.11. The molecule has 2 heterocycles. The molecule has 0 bridgehead atoms. The molecule has 0 aliphatic rings. The summed E-state index contributed by atoms with van der Waals surface area (Å²) in [4.78, 5) is 12.8. The molecule has 0 fully saturated rings. The van der Waals surface area contributed by atoms with Crippen molar-refractivity contribution in [1.29, 1.82) is 0 Å². The third-order valence-corrected chi connectivity index (χ3v) is 2.70. The van der Waals surface area contributed by atoms with Crippen molar-refractivity contribution in [3.05, 3.63) is 34.2 Å². The topological polar surface area (TPSA) is 43.6 Å². The molecule has 0 unspecified atom stereocenters. The second kappa shape index (κ2) is 3.73. The number of aryl methyl sites for hydroxylation is 2. The van der Waals surface area contributed by atoms with Gasteiger partial charge >= 0.3 is 0 Å². The monoisotopic (exact) mass is 266 g/mol. The van der Waals surface area contributed by atoms with E-state index in [1.165, 1.54) is 0 Å². The second-order valence-electron chi connectivity index (χ2n) is 3.38. The van der Waals surface area contributed by atoms with E-state index < -0.39 is 0 Å². The maximum atomic E-state index is 4.36. The Labute approximate surface area is 96.5 Å². The van der Waals surface area contributed by atoms with Crippen LogP contribution in [0, 0.1) is 20.8 Å². The number of hydrogen-bond donors (Lipinski definition) is 0. The van der Waals surface area contributed by atoms with Gasteiger partial charge in [-0.3, -0.25) is 4.57 Å². The number of rotatable bonds is 1. The van der Waals surface area contributed by atoms with E-state index in [2.05, 4.69) is 30.9 Å². The lowest BCUT2D eigenvalue weighted by Crippen LogP contribution is -2.01. The molecule has 2 aromatic rings. The van der Waals surface area contributed by atoms with Crippen LogP contribution >= 0.6 is 15.9 Å². The van der Waals surface area contributed by atoms with Gasteiger partial charge in [-0.2, -0.15) is 0 Å². The lowest BCUT2D eigenvalue weighted by molar-refractivity contribution is 0.903. The fourth-order valence-electron chi connectivity index (χ4n) is 1.37. The highest BCUT2D eigenvalue weighted by atomic mass is 79.9. The summed E-state index contributed by atoms with van der Waals surface area (Å²) in [6, 6.07) is 1.88. The largest absolute Gasteiger partial charge is 0.287 e. The number of nitrogens with zero attached hydrogens (tertiary/aromatic N) is 4. The standard InChI is InChI=1S/C10H11BrN4/c1-6-7(2)15(5-12-6)10-4-9(11)13-8(3)14-10/h4-5H,1-3H3. The van der Waals surface area contributed by atoms with Gasteiger partial charge in [-0.05, 0) is 36.7 Å². The lowest BCUT2D eigenvalue weighted by Gasteiger charge is -2.05. The van der Waals surface area contributed by atoms with E-state index >= 15 is 0 Å². The molecule has 0 spiro atoms. The Morgan fingerprint density at radius 2 is 1.93 bits per heavy atom. The van der Waals surface area contributed by atoms with Crippen molar-refractivity contribution in [3.8, 4) is 5.82 Å². The molecule has 4 nitrogen and oxygen atoms in total. The molecule has 0 aliphatic carbocycles. The lowest BCUT2D eigenvalue weighted by atomic mass is 10.4. The molecule has 78 valence electrons. The first-order valence-corrected chi connectivity index (χ1v) is 5.39. The highest BCUT2D eigenvalue weighted by molar-refractivity contribution is 9.10. The molecule has 0 radical (unpaired) electrons. The first kappa shape index (κ1) is 10.3. The maximum absolute atomic E-state index is 4.36. The summed E-state index contributed by atoms with van der Waals surface area (Å²) in [5.74, 6) is 1.58. The van der Waals surface area contributed by atoms with E-state index in [0.717, 1.165) is 27.6 Å². The minimum atomic E-state index is 0.741. The predicted octanol–water partition coefficient (Wildman–Crippen LogP) is 2.35. The van der Waals surface area contributed by atoms with Crippen LogP contribution in [-0.4, -0.2) is 19.5 Å². The molecule has 0 atom stereocenters. The zero-order valence-corrected chi connectivity index (χ0v) is 10.4. The van der Waals surface area contributed by atoms with Gasteiger partial charge in [0.15, 0.2) is 0 Å². The minimum absolute atomic E-state index is 0.741. The fraction of sp³-hybridized carbons (Fsp3) is 0.300. The smallest absolute Gasteiger partial charge is 0.142 e. The number of halogens is 1. The van der Waals surface area contributed by atoms with Crippen LogP contribution in [0.1, 0.15) is 17.2 Å². The van der Waals surface area contributed by atoms with Crippen molar-refractivity contribution in [2.24, 2.45) is 0 Å². The molecule has 0 saturated carbocycles. The Balaban J connectivity index is 2.58. The fourth-order valence-corrected chi connectivity index (χ4v) is 1.83. The first-order chi connectivity index (χ1) is 7.08.